The second kappa shape index (κ2) is 10.3. The molecule has 1 heterocycles. The van der Waals surface area contributed by atoms with E-state index in [1.807, 2.05) is 18.2 Å². The molecule has 2 rings (SSSR count). The number of piperidine rings is 1. The third kappa shape index (κ3) is 6.12. The number of likely N-dealkylation sites (tertiary alicyclic amines) is 1. The summed E-state index contributed by atoms with van der Waals surface area (Å²) in [6.07, 6.45) is 4.55. The van der Waals surface area contributed by atoms with Crippen LogP contribution in [0.2, 0.25) is 0 Å². The largest absolute Gasteiger partial charge is 0.369 e. The van der Waals surface area contributed by atoms with E-state index in [4.69, 9.17) is 11.5 Å². The quantitative estimate of drug-likeness (QED) is 0.638. The van der Waals surface area contributed by atoms with Crippen molar-refractivity contribution in [3.05, 3.63) is 29.8 Å². The Morgan fingerprint density at radius 2 is 1.82 bits per heavy atom. The van der Waals surface area contributed by atoms with Crippen molar-refractivity contribution in [1.82, 2.24) is 4.90 Å². The van der Waals surface area contributed by atoms with Crippen molar-refractivity contribution >= 4 is 42.4 Å². The average Bonchev–Trinajstić information content (AvgIpc) is 2.48. The van der Waals surface area contributed by atoms with Crippen LogP contribution in [0.1, 0.15) is 31.7 Å². The van der Waals surface area contributed by atoms with Crippen LogP contribution in [-0.2, 0) is 6.42 Å². The first-order valence-electron chi connectivity index (χ1n) is 7.21. The number of halogens is 2. The molecule has 0 spiro atoms. The Kier molecular flexibility index (Phi) is 9.61. The molecule has 1 saturated heterocycles. The molecule has 1 aliphatic heterocycles. The summed E-state index contributed by atoms with van der Waals surface area (Å²) >= 11 is 0. The predicted molar refractivity (Wildman–Crippen MR) is 98.6 cm³/mol. The van der Waals surface area contributed by atoms with Gasteiger partial charge in [0.05, 0.1) is 5.69 Å². The second-order valence-electron chi connectivity index (χ2n) is 5.01. The van der Waals surface area contributed by atoms with Crippen molar-refractivity contribution in [2.45, 2.75) is 32.6 Å². The lowest BCUT2D eigenvalue weighted by molar-refractivity contribution is 0.339. The fraction of sp³-hybridized carbons (Fsp3) is 0.467. The van der Waals surface area contributed by atoms with Gasteiger partial charge < -0.3 is 16.4 Å². The van der Waals surface area contributed by atoms with Crippen molar-refractivity contribution in [3.8, 4) is 0 Å². The predicted octanol–water partition coefficient (Wildman–Crippen LogP) is 2.84. The summed E-state index contributed by atoms with van der Waals surface area (Å²) in [5.74, 6) is 0.680. The molecule has 0 bridgehead atoms. The lowest BCUT2D eigenvalue weighted by atomic mass is 10.1. The normalized spacial score (nSPS) is 15.8. The van der Waals surface area contributed by atoms with Crippen molar-refractivity contribution in [3.63, 3.8) is 0 Å². The monoisotopic (exact) mass is 345 g/mol. The highest BCUT2D eigenvalue weighted by atomic mass is 35.5. The van der Waals surface area contributed by atoms with E-state index in [1.165, 1.54) is 12.0 Å². The summed E-state index contributed by atoms with van der Waals surface area (Å²) in [6, 6.07) is 7.97. The Bertz CT molecular complexity index is 510. The molecule has 0 radical (unpaired) electrons. The van der Waals surface area contributed by atoms with Crippen LogP contribution < -0.4 is 11.5 Å². The zero-order chi connectivity index (χ0) is 14.4. The van der Waals surface area contributed by atoms with Gasteiger partial charge in [0.25, 0.3) is 0 Å². The van der Waals surface area contributed by atoms with E-state index >= 15 is 0 Å². The smallest absolute Gasteiger partial charge is 0.223 e. The number of nitrogens with zero attached hydrogens (tertiary/aromatic N) is 3. The first-order chi connectivity index (χ1) is 9.69. The minimum Gasteiger partial charge on any atom is -0.369 e. The number of aryl methyl sites for hydroxylation is 1. The maximum absolute atomic E-state index is 5.97. The SMILES string of the molecule is CCc1cccc(N=C(N)/N=C(/N)N2CCCCC2)c1.Cl.Cl. The average molecular weight is 346 g/mol. The number of aliphatic imine (C=N–C) groups is 2. The van der Waals surface area contributed by atoms with Crippen LogP contribution in [0.25, 0.3) is 0 Å². The molecule has 4 N–H and O–H groups in total. The number of benzene rings is 1. The van der Waals surface area contributed by atoms with Crippen LogP contribution in [0.4, 0.5) is 5.69 Å². The number of hydrogen-bond acceptors (Lipinski definition) is 1. The summed E-state index contributed by atoms with van der Waals surface area (Å²) in [5.41, 5.74) is 13.9. The number of rotatable bonds is 2. The van der Waals surface area contributed by atoms with Gasteiger partial charge in [-0.05, 0) is 43.4 Å². The van der Waals surface area contributed by atoms with Crippen LogP contribution in [0.5, 0.6) is 0 Å². The van der Waals surface area contributed by atoms with E-state index in [0.717, 1.165) is 38.0 Å². The molecule has 1 aromatic carbocycles. The Hall–Kier alpha value is -1.46. The summed E-state index contributed by atoms with van der Waals surface area (Å²) in [6.45, 7) is 4.01. The van der Waals surface area contributed by atoms with E-state index < -0.39 is 0 Å². The maximum Gasteiger partial charge on any atom is 0.223 e. The fourth-order valence-corrected chi connectivity index (χ4v) is 2.31. The Balaban J connectivity index is 0.00000220. The lowest BCUT2D eigenvalue weighted by Crippen LogP contribution is -2.41. The van der Waals surface area contributed by atoms with Crippen molar-refractivity contribution in [1.29, 1.82) is 0 Å². The van der Waals surface area contributed by atoms with Crippen LogP contribution in [0, 0.1) is 0 Å². The standard InChI is InChI=1S/C15H23N5.2ClH/c1-2-12-7-6-8-13(11-12)18-14(16)19-15(17)20-9-4-3-5-10-20;;/h6-8,11H,2-5,9-10H2,1H3,(H4,16,17,18,19);2*1H. The molecule has 1 aliphatic rings. The Morgan fingerprint density at radius 3 is 2.45 bits per heavy atom. The van der Waals surface area contributed by atoms with Gasteiger partial charge in [-0.3, -0.25) is 0 Å². The molecular weight excluding hydrogens is 321 g/mol. The van der Waals surface area contributed by atoms with Gasteiger partial charge in [-0.1, -0.05) is 19.1 Å². The Morgan fingerprint density at radius 1 is 1.14 bits per heavy atom. The van der Waals surface area contributed by atoms with E-state index in [1.54, 1.807) is 0 Å². The molecule has 124 valence electrons. The van der Waals surface area contributed by atoms with Crippen LogP contribution >= 0.6 is 24.8 Å². The van der Waals surface area contributed by atoms with Crippen molar-refractivity contribution in [2.75, 3.05) is 13.1 Å². The highest BCUT2D eigenvalue weighted by Crippen LogP contribution is 2.14. The summed E-state index contributed by atoms with van der Waals surface area (Å²) in [4.78, 5) is 10.6. The van der Waals surface area contributed by atoms with Crippen LogP contribution in [0.3, 0.4) is 0 Å². The zero-order valence-corrected chi connectivity index (χ0v) is 14.5. The molecule has 7 heteroatoms. The highest BCUT2D eigenvalue weighted by Gasteiger charge is 2.12. The van der Waals surface area contributed by atoms with E-state index in [0.29, 0.717) is 5.96 Å². The molecule has 0 aliphatic carbocycles. The molecule has 0 saturated carbocycles. The van der Waals surface area contributed by atoms with Gasteiger partial charge in [-0.25, -0.2) is 4.99 Å². The Labute approximate surface area is 144 Å². The minimum absolute atomic E-state index is 0. The lowest BCUT2D eigenvalue weighted by Gasteiger charge is -2.27. The van der Waals surface area contributed by atoms with Gasteiger partial charge >= 0.3 is 0 Å². The third-order valence-electron chi connectivity index (χ3n) is 3.47. The van der Waals surface area contributed by atoms with Crippen molar-refractivity contribution < 1.29 is 0 Å². The number of hydrogen-bond donors (Lipinski definition) is 2. The first-order valence-corrected chi connectivity index (χ1v) is 7.21. The summed E-state index contributed by atoms with van der Waals surface area (Å²) in [5, 5.41) is 0. The molecule has 1 fully saturated rings. The summed E-state index contributed by atoms with van der Waals surface area (Å²) in [7, 11) is 0. The van der Waals surface area contributed by atoms with Gasteiger partial charge in [0.15, 0.2) is 5.96 Å². The van der Waals surface area contributed by atoms with E-state index in [9.17, 15) is 0 Å². The highest BCUT2D eigenvalue weighted by molar-refractivity contribution is 5.94. The van der Waals surface area contributed by atoms with E-state index in [2.05, 4.69) is 27.9 Å². The molecule has 1 aromatic rings. The van der Waals surface area contributed by atoms with Crippen molar-refractivity contribution in [2.24, 2.45) is 21.5 Å². The van der Waals surface area contributed by atoms with Gasteiger partial charge in [0.1, 0.15) is 0 Å². The molecular formula is C15H25Cl2N5. The number of nitrogens with two attached hydrogens (primary N) is 2. The van der Waals surface area contributed by atoms with Gasteiger partial charge in [0.2, 0.25) is 5.96 Å². The molecule has 5 nitrogen and oxygen atoms in total. The topological polar surface area (TPSA) is 80.0 Å². The fourth-order valence-electron chi connectivity index (χ4n) is 2.31. The van der Waals surface area contributed by atoms with Crippen LogP contribution in [-0.4, -0.2) is 29.9 Å². The molecule has 22 heavy (non-hydrogen) atoms. The van der Waals surface area contributed by atoms with Gasteiger partial charge in [0, 0.05) is 13.1 Å². The number of guanidine groups is 2. The van der Waals surface area contributed by atoms with Gasteiger partial charge in [-0.15, -0.1) is 24.8 Å². The second-order valence-corrected chi connectivity index (χ2v) is 5.01. The van der Waals surface area contributed by atoms with Gasteiger partial charge in [-0.2, -0.15) is 4.99 Å². The van der Waals surface area contributed by atoms with Crippen LogP contribution in [0.15, 0.2) is 34.3 Å². The zero-order valence-electron chi connectivity index (χ0n) is 12.9. The molecule has 0 aromatic heterocycles. The maximum atomic E-state index is 5.97. The van der Waals surface area contributed by atoms with E-state index in [-0.39, 0.29) is 30.8 Å². The first kappa shape index (κ1) is 20.5. The molecule has 0 atom stereocenters. The molecule has 0 amide bonds. The summed E-state index contributed by atoms with van der Waals surface area (Å²) < 4.78 is 0. The molecule has 0 unspecified atom stereocenters. The minimum atomic E-state index is 0. The third-order valence-corrected chi connectivity index (χ3v) is 3.47.